The number of ether oxygens (including phenoxy) is 1. The summed E-state index contributed by atoms with van der Waals surface area (Å²) in [6, 6.07) is 22.3. The lowest BCUT2D eigenvalue weighted by atomic mass is 9.99. The number of esters is 1. The van der Waals surface area contributed by atoms with Gasteiger partial charge in [-0.1, -0.05) is 43.3 Å². The Morgan fingerprint density at radius 1 is 0.897 bits per heavy atom. The molecule has 0 spiro atoms. The van der Waals surface area contributed by atoms with Crippen LogP contribution in [0.25, 0.3) is 11.3 Å². The van der Waals surface area contributed by atoms with Gasteiger partial charge in [0.2, 0.25) is 5.91 Å². The summed E-state index contributed by atoms with van der Waals surface area (Å²) < 4.78 is 5.11. The Morgan fingerprint density at radius 3 is 2.26 bits per heavy atom. The van der Waals surface area contributed by atoms with Crippen molar-refractivity contribution >= 4 is 46.1 Å². The third kappa shape index (κ3) is 6.35. The van der Waals surface area contributed by atoms with E-state index in [-0.39, 0.29) is 18.4 Å². The number of rotatable bonds is 10. The quantitative estimate of drug-likeness (QED) is 0.282. The molecule has 0 saturated carbocycles. The number of carbonyl (C=O) groups excluding carboxylic acids is 3. The minimum absolute atomic E-state index is 0.0612. The van der Waals surface area contributed by atoms with Crippen LogP contribution in [0, 0.1) is 0 Å². The number of hydrogen-bond acceptors (Lipinski definition) is 6. The molecule has 0 unspecified atom stereocenters. The molecule has 1 aliphatic heterocycles. The zero-order valence-corrected chi connectivity index (χ0v) is 22.8. The van der Waals surface area contributed by atoms with E-state index in [1.807, 2.05) is 80.5 Å². The fourth-order valence-electron chi connectivity index (χ4n) is 4.40. The molecule has 39 heavy (non-hydrogen) atoms. The maximum Gasteiger partial charge on any atom is 0.338 e. The van der Waals surface area contributed by atoms with Gasteiger partial charge < -0.3 is 25.2 Å². The van der Waals surface area contributed by atoms with Gasteiger partial charge in [0.15, 0.2) is 0 Å². The van der Waals surface area contributed by atoms with Crippen LogP contribution in [-0.2, 0) is 14.3 Å². The van der Waals surface area contributed by atoms with E-state index < -0.39 is 5.97 Å². The molecular formula is C31H34N4O4. The van der Waals surface area contributed by atoms with Gasteiger partial charge in [0.25, 0.3) is 5.91 Å². The smallest absolute Gasteiger partial charge is 0.338 e. The lowest BCUT2D eigenvalue weighted by Gasteiger charge is -2.24. The number of nitrogens with zero attached hydrogens (tertiary/aromatic N) is 2. The van der Waals surface area contributed by atoms with E-state index in [1.54, 1.807) is 30.0 Å². The summed E-state index contributed by atoms with van der Waals surface area (Å²) in [7, 11) is 3.96. The number of anilines is 3. The number of nitrogens with one attached hydrogen (secondary N) is 2. The van der Waals surface area contributed by atoms with Crippen LogP contribution < -0.4 is 15.5 Å². The van der Waals surface area contributed by atoms with Gasteiger partial charge in [0.05, 0.1) is 29.1 Å². The van der Waals surface area contributed by atoms with E-state index in [1.165, 1.54) is 0 Å². The topological polar surface area (TPSA) is 91.0 Å². The van der Waals surface area contributed by atoms with Gasteiger partial charge in [-0.2, -0.15) is 0 Å². The van der Waals surface area contributed by atoms with E-state index in [4.69, 9.17) is 4.74 Å². The number of amides is 2. The van der Waals surface area contributed by atoms with Crippen molar-refractivity contribution in [3.05, 3.63) is 89.5 Å². The molecule has 8 heteroatoms. The van der Waals surface area contributed by atoms with Crippen molar-refractivity contribution in [2.24, 2.45) is 0 Å². The fourth-order valence-corrected chi connectivity index (χ4v) is 4.40. The summed E-state index contributed by atoms with van der Waals surface area (Å²) in [4.78, 5) is 41.9. The van der Waals surface area contributed by atoms with Gasteiger partial charge in [-0.3, -0.25) is 9.59 Å². The number of benzene rings is 3. The van der Waals surface area contributed by atoms with Crippen LogP contribution >= 0.6 is 0 Å². The van der Waals surface area contributed by atoms with E-state index in [0.717, 1.165) is 23.5 Å². The van der Waals surface area contributed by atoms with Crippen molar-refractivity contribution in [3.8, 4) is 0 Å². The normalized spacial score (nSPS) is 13.5. The third-order valence-electron chi connectivity index (χ3n) is 6.41. The molecule has 2 N–H and O–H groups in total. The molecule has 0 fully saturated rings. The highest BCUT2D eigenvalue weighted by atomic mass is 16.5. The van der Waals surface area contributed by atoms with Gasteiger partial charge in [-0.25, -0.2) is 4.79 Å². The maximum atomic E-state index is 13.2. The molecule has 0 aromatic heterocycles. The molecule has 202 valence electrons. The SMILES string of the molecule is CCOC(=O)c1ccc2c(c1)NC(=O)C2=C(Nc1ccc(N(CCN(C)C)C(=O)CC)cc1)c1ccccc1. The van der Waals surface area contributed by atoms with Crippen LogP contribution in [0.5, 0.6) is 0 Å². The van der Waals surface area contributed by atoms with Crippen LogP contribution in [0.2, 0.25) is 0 Å². The van der Waals surface area contributed by atoms with Crippen molar-refractivity contribution in [2.75, 3.05) is 49.3 Å². The lowest BCUT2D eigenvalue weighted by molar-refractivity contribution is -0.118. The Hall–Kier alpha value is -4.43. The number of hydrogen-bond donors (Lipinski definition) is 2. The van der Waals surface area contributed by atoms with Crippen molar-refractivity contribution in [1.82, 2.24) is 4.90 Å². The Bertz CT molecular complexity index is 1380. The summed E-state index contributed by atoms with van der Waals surface area (Å²) in [5.41, 5.74) is 5.16. The molecule has 0 aliphatic carbocycles. The van der Waals surface area contributed by atoms with Gasteiger partial charge in [0, 0.05) is 36.4 Å². The van der Waals surface area contributed by atoms with Crippen molar-refractivity contribution in [3.63, 3.8) is 0 Å². The molecule has 2 amide bonds. The molecule has 3 aromatic rings. The van der Waals surface area contributed by atoms with Gasteiger partial charge in [-0.15, -0.1) is 0 Å². The highest BCUT2D eigenvalue weighted by Crippen LogP contribution is 2.38. The third-order valence-corrected chi connectivity index (χ3v) is 6.41. The lowest BCUT2D eigenvalue weighted by Crippen LogP contribution is -2.36. The second kappa shape index (κ2) is 12.4. The van der Waals surface area contributed by atoms with E-state index >= 15 is 0 Å². The number of likely N-dealkylation sites (N-methyl/N-ethyl adjacent to an activating group) is 1. The van der Waals surface area contributed by atoms with Crippen LogP contribution in [0.1, 0.15) is 41.8 Å². The minimum Gasteiger partial charge on any atom is -0.462 e. The first-order valence-electron chi connectivity index (χ1n) is 13.1. The predicted octanol–water partition coefficient (Wildman–Crippen LogP) is 5.10. The molecule has 0 bridgehead atoms. The average molecular weight is 527 g/mol. The fraction of sp³-hybridized carbons (Fsp3) is 0.258. The van der Waals surface area contributed by atoms with E-state index in [2.05, 4.69) is 10.6 Å². The Labute approximate surface area is 229 Å². The van der Waals surface area contributed by atoms with Gasteiger partial charge in [0.1, 0.15) is 0 Å². The van der Waals surface area contributed by atoms with Crippen molar-refractivity contribution in [2.45, 2.75) is 20.3 Å². The van der Waals surface area contributed by atoms with Crippen molar-refractivity contribution < 1.29 is 19.1 Å². The molecular weight excluding hydrogens is 492 g/mol. The van der Waals surface area contributed by atoms with Gasteiger partial charge in [-0.05, 0) is 63.0 Å². The molecule has 1 aliphatic rings. The maximum absolute atomic E-state index is 13.2. The largest absolute Gasteiger partial charge is 0.462 e. The average Bonchev–Trinajstić information content (AvgIpc) is 3.27. The highest BCUT2D eigenvalue weighted by molar-refractivity contribution is 6.37. The Morgan fingerprint density at radius 2 is 1.62 bits per heavy atom. The summed E-state index contributed by atoms with van der Waals surface area (Å²) in [5.74, 6) is -0.641. The zero-order valence-electron chi connectivity index (χ0n) is 22.8. The standard InChI is InChI=1S/C31H34N4O4/c1-5-27(36)35(19-18-34(3)4)24-15-13-23(14-16-24)32-29(21-10-8-7-9-11-21)28-25-17-12-22(31(38)39-6-2)20-26(25)33-30(28)37/h7-17,20,32H,5-6,18-19H2,1-4H3,(H,33,37). The molecule has 4 rings (SSSR count). The molecule has 0 saturated heterocycles. The molecule has 0 radical (unpaired) electrons. The van der Waals surface area contributed by atoms with Gasteiger partial charge >= 0.3 is 5.97 Å². The molecule has 1 heterocycles. The van der Waals surface area contributed by atoms with Crippen LogP contribution in [0.3, 0.4) is 0 Å². The molecule has 3 aromatic carbocycles. The van der Waals surface area contributed by atoms with Crippen LogP contribution in [-0.4, -0.2) is 56.5 Å². The first-order valence-corrected chi connectivity index (χ1v) is 13.1. The number of carbonyl (C=O) groups is 3. The summed E-state index contributed by atoms with van der Waals surface area (Å²) >= 11 is 0. The van der Waals surface area contributed by atoms with Crippen LogP contribution in [0.4, 0.5) is 17.1 Å². The predicted molar refractivity (Wildman–Crippen MR) is 156 cm³/mol. The monoisotopic (exact) mass is 526 g/mol. The minimum atomic E-state index is -0.436. The highest BCUT2D eigenvalue weighted by Gasteiger charge is 2.29. The summed E-state index contributed by atoms with van der Waals surface area (Å²) in [6.07, 6.45) is 0.421. The molecule has 0 atom stereocenters. The molecule has 8 nitrogen and oxygen atoms in total. The second-order valence-corrected chi connectivity index (χ2v) is 9.43. The summed E-state index contributed by atoms with van der Waals surface area (Å²) in [5, 5.41) is 6.34. The van der Waals surface area contributed by atoms with E-state index in [0.29, 0.717) is 41.1 Å². The first-order chi connectivity index (χ1) is 18.8. The van der Waals surface area contributed by atoms with Crippen molar-refractivity contribution in [1.29, 1.82) is 0 Å². The second-order valence-electron chi connectivity index (χ2n) is 9.43. The summed E-state index contributed by atoms with van der Waals surface area (Å²) in [6.45, 7) is 5.23. The number of fused-ring (bicyclic) bond motifs is 1. The Kier molecular flexibility index (Phi) is 8.78. The van der Waals surface area contributed by atoms with Crippen LogP contribution in [0.15, 0.2) is 72.8 Å². The Balaban J connectivity index is 1.70. The van der Waals surface area contributed by atoms with E-state index in [9.17, 15) is 14.4 Å². The first kappa shape index (κ1) is 27.6. The zero-order chi connectivity index (χ0) is 27.9.